The van der Waals surface area contributed by atoms with Gasteiger partial charge < -0.3 is 10.3 Å². The minimum atomic E-state index is 0.439. The van der Waals surface area contributed by atoms with Crippen LogP contribution < -0.4 is 5.32 Å². The number of aromatic amines is 1. The van der Waals surface area contributed by atoms with Crippen LogP contribution in [0.1, 0.15) is 5.69 Å². The van der Waals surface area contributed by atoms with Gasteiger partial charge >= 0.3 is 0 Å². The van der Waals surface area contributed by atoms with Crippen LogP contribution >= 0.6 is 11.6 Å². The predicted molar refractivity (Wildman–Crippen MR) is 55.2 cm³/mol. The summed E-state index contributed by atoms with van der Waals surface area (Å²) in [6.07, 6.45) is 3.49. The summed E-state index contributed by atoms with van der Waals surface area (Å²) in [4.78, 5) is 11.1. The predicted octanol–water partition coefficient (Wildman–Crippen LogP) is 2.07. The van der Waals surface area contributed by atoms with E-state index in [0.717, 1.165) is 5.69 Å². The molecular formula is C9H9ClN4. The molecule has 0 spiro atoms. The van der Waals surface area contributed by atoms with Crippen molar-refractivity contribution in [3.8, 4) is 0 Å². The van der Waals surface area contributed by atoms with Crippen molar-refractivity contribution in [2.24, 2.45) is 0 Å². The second-order valence-electron chi connectivity index (χ2n) is 2.75. The molecule has 2 aromatic heterocycles. The number of anilines is 1. The first-order chi connectivity index (χ1) is 6.84. The van der Waals surface area contributed by atoms with Gasteiger partial charge in [-0.25, -0.2) is 9.97 Å². The van der Waals surface area contributed by atoms with Crippen molar-refractivity contribution in [1.29, 1.82) is 0 Å². The summed E-state index contributed by atoms with van der Waals surface area (Å²) in [5.41, 5.74) is 1.08. The van der Waals surface area contributed by atoms with Crippen LogP contribution in [-0.4, -0.2) is 15.0 Å². The Morgan fingerprint density at radius 2 is 2.36 bits per heavy atom. The second-order valence-corrected chi connectivity index (χ2v) is 3.14. The molecule has 72 valence electrons. The first-order valence-electron chi connectivity index (χ1n) is 4.19. The Balaban J connectivity index is 1.98. The van der Waals surface area contributed by atoms with Gasteiger partial charge in [0.05, 0.1) is 6.54 Å². The topological polar surface area (TPSA) is 53.6 Å². The molecule has 2 N–H and O–H groups in total. The molecule has 0 radical (unpaired) electrons. The molecule has 4 nitrogen and oxygen atoms in total. The van der Waals surface area contributed by atoms with Crippen molar-refractivity contribution in [2.45, 2.75) is 6.54 Å². The lowest BCUT2D eigenvalue weighted by atomic mass is 10.4. The Bertz CT molecular complexity index is 399. The number of halogens is 1. The van der Waals surface area contributed by atoms with E-state index < -0.39 is 0 Å². The molecule has 0 atom stereocenters. The molecule has 0 aromatic carbocycles. The van der Waals surface area contributed by atoms with E-state index in [4.69, 9.17) is 11.6 Å². The van der Waals surface area contributed by atoms with Gasteiger partial charge in [-0.2, -0.15) is 0 Å². The quantitative estimate of drug-likeness (QED) is 0.760. The van der Waals surface area contributed by atoms with Gasteiger partial charge in [0, 0.05) is 18.1 Å². The molecule has 2 rings (SSSR count). The molecule has 0 amide bonds. The summed E-state index contributed by atoms with van der Waals surface area (Å²) in [5, 5.41) is 3.49. The molecule has 0 aliphatic heterocycles. The highest BCUT2D eigenvalue weighted by Crippen LogP contribution is 2.06. The number of nitrogens with one attached hydrogen (secondary N) is 2. The summed E-state index contributed by atoms with van der Waals surface area (Å²) in [7, 11) is 0. The zero-order valence-electron chi connectivity index (χ0n) is 7.37. The molecule has 0 aliphatic rings. The van der Waals surface area contributed by atoms with E-state index in [1.54, 1.807) is 12.3 Å². The molecule has 0 unspecified atom stereocenters. The molecule has 14 heavy (non-hydrogen) atoms. The molecule has 2 heterocycles. The summed E-state index contributed by atoms with van der Waals surface area (Å²) >= 11 is 5.71. The molecule has 0 saturated heterocycles. The Labute approximate surface area is 86.4 Å². The fourth-order valence-corrected chi connectivity index (χ4v) is 1.21. The number of H-pyrrole nitrogens is 1. The lowest BCUT2D eigenvalue weighted by Crippen LogP contribution is -2.03. The SMILES string of the molecule is Clc1ccnc(NCc2ccc[nH]2)n1. The van der Waals surface area contributed by atoms with Gasteiger partial charge in [0.25, 0.3) is 0 Å². The summed E-state index contributed by atoms with van der Waals surface area (Å²) in [5.74, 6) is 0.534. The van der Waals surface area contributed by atoms with Crippen LogP contribution in [0.3, 0.4) is 0 Å². The number of hydrogen-bond acceptors (Lipinski definition) is 3. The molecule has 0 aliphatic carbocycles. The van der Waals surface area contributed by atoms with Crippen LogP contribution in [0.4, 0.5) is 5.95 Å². The normalized spacial score (nSPS) is 10.1. The zero-order chi connectivity index (χ0) is 9.80. The van der Waals surface area contributed by atoms with E-state index in [1.807, 2.05) is 18.3 Å². The van der Waals surface area contributed by atoms with Crippen LogP contribution in [-0.2, 0) is 6.54 Å². The van der Waals surface area contributed by atoms with Crippen molar-refractivity contribution < 1.29 is 0 Å². The Morgan fingerprint density at radius 1 is 1.43 bits per heavy atom. The number of rotatable bonds is 3. The third-order valence-corrected chi connectivity index (χ3v) is 1.93. The van der Waals surface area contributed by atoms with Crippen molar-refractivity contribution in [3.05, 3.63) is 41.4 Å². The largest absolute Gasteiger partial charge is 0.364 e. The van der Waals surface area contributed by atoms with Gasteiger partial charge in [-0.15, -0.1) is 0 Å². The monoisotopic (exact) mass is 208 g/mol. The van der Waals surface area contributed by atoms with Crippen molar-refractivity contribution in [2.75, 3.05) is 5.32 Å². The van der Waals surface area contributed by atoms with Crippen LogP contribution in [0.25, 0.3) is 0 Å². The van der Waals surface area contributed by atoms with E-state index in [1.165, 1.54) is 0 Å². The third kappa shape index (κ3) is 2.23. The number of aromatic nitrogens is 3. The Kier molecular flexibility index (Phi) is 2.65. The van der Waals surface area contributed by atoms with Gasteiger partial charge in [-0.1, -0.05) is 11.6 Å². The highest BCUT2D eigenvalue weighted by atomic mass is 35.5. The highest BCUT2D eigenvalue weighted by molar-refractivity contribution is 6.29. The van der Waals surface area contributed by atoms with Gasteiger partial charge in [-0.05, 0) is 18.2 Å². The van der Waals surface area contributed by atoms with Gasteiger partial charge in [0.1, 0.15) is 5.15 Å². The van der Waals surface area contributed by atoms with E-state index in [2.05, 4.69) is 20.3 Å². The fraction of sp³-hybridized carbons (Fsp3) is 0.111. The Morgan fingerprint density at radius 3 is 3.07 bits per heavy atom. The second kappa shape index (κ2) is 4.11. The van der Waals surface area contributed by atoms with Gasteiger partial charge in [0.15, 0.2) is 0 Å². The molecule has 0 fully saturated rings. The molecule has 0 bridgehead atoms. The molecular weight excluding hydrogens is 200 g/mol. The van der Waals surface area contributed by atoms with Crippen LogP contribution in [0.15, 0.2) is 30.6 Å². The average molecular weight is 209 g/mol. The van der Waals surface area contributed by atoms with E-state index >= 15 is 0 Å². The van der Waals surface area contributed by atoms with E-state index in [9.17, 15) is 0 Å². The standard InChI is InChI=1S/C9H9ClN4/c10-8-3-5-12-9(14-8)13-6-7-2-1-4-11-7/h1-5,11H,6H2,(H,12,13,14). The molecule has 5 heteroatoms. The molecule has 2 aromatic rings. The van der Waals surface area contributed by atoms with E-state index in [0.29, 0.717) is 17.6 Å². The maximum absolute atomic E-state index is 5.71. The summed E-state index contributed by atoms with van der Waals surface area (Å²) in [6.45, 7) is 0.660. The lowest BCUT2D eigenvalue weighted by molar-refractivity contribution is 1.02. The maximum atomic E-state index is 5.71. The first-order valence-corrected chi connectivity index (χ1v) is 4.57. The lowest BCUT2D eigenvalue weighted by Gasteiger charge is -2.02. The number of nitrogens with zero attached hydrogens (tertiary/aromatic N) is 2. The Hall–Kier alpha value is -1.55. The minimum Gasteiger partial charge on any atom is -0.364 e. The van der Waals surface area contributed by atoms with Crippen molar-refractivity contribution in [3.63, 3.8) is 0 Å². The first kappa shape index (κ1) is 9.02. The van der Waals surface area contributed by atoms with Crippen LogP contribution in [0.2, 0.25) is 5.15 Å². The highest BCUT2D eigenvalue weighted by Gasteiger charge is 1.97. The van der Waals surface area contributed by atoms with E-state index in [-0.39, 0.29) is 0 Å². The number of hydrogen-bond donors (Lipinski definition) is 2. The van der Waals surface area contributed by atoms with Crippen LogP contribution in [0, 0.1) is 0 Å². The van der Waals surface area contributed by atoms with Crippen LogP contribution in [0.5, 0.6) is 0 Å². The molecule has 0 saturated carbocycles. The minimum absolute atomic E-state index is 0.439. The zero-order valence-corrected chi connectivity index (χ0v) is 8.12. The third-order valence-electron chi connectivity index (χ3n) is 1.72. The van der Waals surface area contributed by atoms with Gasteiger partial charge in [-0.3, -0.25) is 0 Å². The maximum Gasteiger partial charge on any atom is 0.224 e. The summed E-state index contributed by atoms with van der Waals surface area (Å²) in [6, 6.07) is 5.56. The fourth-order valence-electron chi connectivity index (χ4n) is 1.07. The van der Waals surface area contributed by atoms with Gasteiger partial charge in [0.2, 0.25) is 5.95 Å². The summed E-state index contributed by atoms with van der Waals surface area (Å²) < 4.78 is 0. The smallest absolute Gasteiger partial charge is 0.224 e. The van der Waals surface area contributed by atoms with Crippen molar-refractivity contribution in [1.82, 2.24) is 15.0 Å². The average Bonchev–Trinajstić information content (AvgIpc) is 2.67. The van der Waals surface area contributed by atoms with Crippen molar-refractivity contribution >= 4 is 17.5 Å².